The van der Waals surface area contributed by atoms with Crippen LogP contribution in [0, 0.1) is 0 Å². The van der Waals surface area contributed by atoms with Crippen molar-refractivity contribution in [3.8, 4) is 0 Å². The zero-order valence-electron chi connectivity index (χ0n) is 21.7. The first-order chi connectivity index (χ1) is 18.1. The van der Waals surface area contributed by atoms with Crippen molar-refractivity contribution in [1.29, 1.82) is 0 Å². The number of hydrogen-bond acceptors (Lipinski definition) is 6. The van der Waals surface area contributed by atoms with Crippen molar-refractivity contribution in [3.63, 3.8) is 0 Å². The summed E-state index contributed by atoms with van der Waals surface area (Å²) in [4.78, 5) is 0. The Kier molecular flexibility index (Phi) is 11.4. The van der Waals surface area contributed by atoms with Gasteiger partial charge in [0, 0.05) is 31.0 Å². The second-order valence-corrected chi connectivity index (χ2v) is 10.6. The maximum atomic E-state index is 9.24. The van der Waals surface area contributed by atoms with Crippen LogP contribution >= 0.6 is 15.9 Å². The summed E-state index contributed by atoms with van der Waals surface area (Å²) in [5.74, 6) is -0.578. The van der Waals surface area contributed by atoms with Crippen molar-refractivity contribution in [3.05, 3.63) is 71.8 Å². The number of benzene rings is 2. The smallest absolute Gasteiger partial charge is 0.168 e. The van der Waals surface area contributed by atoms with Gasteiger partial charge in [0.25, 0.3) is 0 Å². The molecule has 2 aliphatic heterocycles. The van der Waals surface area contributed by atoms with E-state index in [0.29, 0.717) is 12.7 Å². The summed E-state index contributed by atoms with van der Waals surface area (Å²) < 4.78 is 28.4. The van der Waals surface area contributed by atoms with Gasteiger partial charge in [0.05, 0.1) is 45.2 Å². The van der Waals surface area contributed by atoms with Crippen LogP contribution in [0.1, 0.15) is 62.5 Å². The molecule has 2 aromatic rings. The van der Waals surface area contributed by atoms with Crippen molar-refractivity contribution in [1.82, 2.24) is 0 Å². The largest absolute Gasteiger partial charge is 0.393 e. The maximum Gasteiger partial charge on any atom is 0.168 e. The van der Waals surface area contributed by atoms with Gasteiger partial charge in [-0.1, -0.05) is 76.6 Å². The van der Waals surface area contributed by atoms with E-state index in [1.54, 1.807) is 0 Å². The number of halogens is 1. The van der Waals surface area contributed by atoms with Crippen molar-refractivity contribution >= 4 is 15.9 Å². The highest BCUT2D eigenvalue weighted by atomic mass is 79.9. The van der Waals surface area contributed by atoms with Crippen LogP contribution in [0.3, 0.4) is 0 Å². The average Bonchev–Trinajstić information content (AvgIpc) is 3.62. The SMILES string of the molecule is BrCc1ccccc1.OC1CCC2(CC1)OCCO2.c1ccc(COC2CCC3(CC2)OCCO3)cc1. The fourth-order valence-electron chi connectivity index (χ4n) is 5.17. The molecule has 1 N–H and O–H groups in total. The molecule has 204 valence electrons. The summed E-state index contributed by atoms with van der Waals surface area (Å²) in [7, 11) is 0. The molecule has 2 aliphatic carbocycles. The van der Waals surface area contributed by atoms with Gasteiger partial charge in [-0.2, -0.15) is 0 Å². The van der Waals surface area contributed by atoms with Gasteiger partial charge in [0.2, 0.25) is 0 Å². The summed E-state index contributed by atoms with van der Waals surface area (Å²) in [6.07, 6.45) is 7.57. The Morgan fingerprint density at radius 2 is 1.11 bits per heavy atom. The van der Waals surface area contributed by atoms with Crippen molar-refractivity contribution in [2.24, 2.45) is 0 Å². The first-order valence-corrected chi connectivity index (χ1v) is 14.7. The molecule has 37 heavy (non-hydrogen) atoms. The van der Waals surface area contributed by atoms with Crippen LogP contribution in [-0.4, -0.2) is 55.3 Å². The Morgan fingerprint density at radius 3 is 1.54 bits per heavy atom. The normalized spacial score (nSPS) is 24.2. The molecule has 2 saturated heterocycles. The summed E-state index contributed by atoms with van der Waals surface area (Å²) >= 11 is 3.36. The Bertz CT molecular complexity index is 863. The second kappa shape index (κ2) is 14.7. The van der Waals surface area contributed by atoms with E-state index in [4.69, 9.17) is 23.7 Å². The summed E-state index contributed by atoms with van der Waals surface area (Å²) in [6, 6.07) is 20.6. The van der Waals surface area contributed by atoms with Gasteiger partial charge < -0.3 is 28.8 Å². The molecular formula is C30H41BrO6. The number of aliphatic hydroxyl groups is 1. The van der Waals surface area contributed by atoms with Gasteiger partial charge in [-0.05, 0) is 36.8 Å². The number of hydrogen-bond donors (Lipinski definition) is 1. The minimum absolute atomic E-state index is 0.131. The van der Waals surface area contributed by atoms with E-state index >= 15 is 0 Å². The highest BCUT2D eigenvalue weighted by Gasteiger charge is 2.41. The lowest BCUT2D eigenvalue weighted by Crippen LogP contribution is -2.37. The molecule has 2 heterocycles. The third-order valence-electron chi connectivity index (χ3n) is 7.36. The third-order valence-corrected chi connectivity index (χ3v) is 8.01. The number of rotatable bonds is 4. The van der Waals surface area contributed by atoms with Gasteiger partial charge in [-0.3, -0.25) is 0 Å². The minimum atomic E-state index is -0.306. The van der Waals surface area contributed by atoms with Crippen LogP contribution in [0.15, 0.2) is 60.7 Å². The van der Waals surface area contributed by atoms with Crippen molar-refractivity contribution in [2.45, 2.75) is 87.1 Å². The van der Waals surface area contributed by atoms with Gasteiger partial charge >= 0.3 is 0 Å². The molecule has 0 atom stereocenters. The van der Waals surface area contributed by atoms with Crippen LogP contribution in [0.2, 0.25) is 0 Å². The summed E-state index contributed by atoms with van der Waals surface area (Å²) in [6.45, 7) is 3.64. The van der Waals surface area contributed by atoms with E-state index in [-0.39, 0.29) is 17.7 Å². The molecule has 2 saturated carbocycles. The van der Waals surface area contributed by atoms with Crippen LogP contribution in [0.4, 0.5) is 0 Å². The molecule has 0 unspecified atom stereocenters. The van der Waals surface area contributed by atoms with Crippen LogP contribution in [-0.2, 0) is 35.6 Å². The summed E-state index contributed by atoms with van der Waals surface area (Å²) in [5, 5.41) is 10.2. The highest BCUT2D eigenvalue weighted by molar-refractivity contribution is 9.08. The van der Waals surface area contributed by atoms with Gasteiger partial charge in [-0.25, -0.2) is 0 Å². The van der Waals surface area contributed by atoms with Crippen LogP contribution in [0.25, 0.3) is 0 Å². The Morgan fingerprint density at radius 1 is 0.676 bits per heavy atom. The molecule has 4 aliphatic rings. The van der Waals surface area contributed by atoms with Crippen molar-refractivity contribution < 1.29 is 28.8 Å². The molecule has 7 heteroatoms. The van der Waals surface area contributed by atoms with Gasteiger partial charge in [0.1, 0.15) is 0 Å². The average molecular weight is 578 g/mol. The molecule has 2 aromatic carbocycles. The summed E-state index contributed by atoms with van der Waals surface area (Å²) in [5.41, 5.74) is 2.57. The van der Waals surface area contributed by atoms with E-state index in [9.17, 15) is 5.11 Å². The molecule has 0 aromatic heterocycles. The quantitative estimate of drug-likeness (QED) is 0.441. The lowest BCUT2D eigenvalue weighted by Gasteiger charge is -2.35. The molecule has 0 bridgehead atoms. The van der Waals surface area contributed by atoms with E-state index in [0.717, 1.165) is 83.1 Å². The Balaban J connectivity index is 0.000000143. The minimum Gasteiger partial charge on any atom is -0.393 e. The Labute approximate surface area is 229 Å². The zero-order chi connectivity index (χ0) is 25.8. The third kappa shape index (κ3) is 9.13. The second-order valence-electron chi connectivity index (χ2n) is 10.1. The van der Waals surface area contributed by atoms with Crippen LogP contribution in [0.5, 0.6) is 0 Å². The fourth-order valence-corrected chi connectivity index (χ4v) is 5.54. The predicted octanol–water partition coefficient (Wildman–Crippen LogP) is 6.13. The van der Waals surface area contributed by atoms with E-state index in [1.807, 2.05) is 24.3 Å². The molecule has 6 rings (SSSR count). The lowest BCUT2D eigenvalue weighted by atomic mass is 9.92. The number of ether oxygens (including phenoxy) is 5. The Hall–Kier alpha value is -1.32. The van der Waals surface area contributed by atoms with E-state index < -0.39 is 0 Å². The molecule has 6 nitrogen and oxygen atoms in total. The maximum absolute atomic E-state index is 9.24. The van der Waals surface area contributed by atoms with Crippen molar-refractivity contribution in [2.75, 3.05) is 26.4 Å². The van der Waals surface area contributed by atoms with E-state index in [1.165, 1.54) is 11.1 Å². The molecule has 0 radical (unpaired) electrons. The number of alkyl halides is 1. The number of aliphatic hydroxyl groups excluding tert-OH is 1. The standard InChI is InChI=1S/C15H20O3.C8H14O3.C7H7Br/c1-2-4-13(5-3-1)12-16-14-6-8-15(9-7-14)17-10-11-18-15;9-7-1-3-8(4-2-7)10-5-6-11-8;8-6-7-4-2-1-3-5-7/h1-5,14H,6-12H2;7,9H,1-6H2;1-5H,6H2. The predicted molar refractivity (Wildman–Crippen MR) is 146 cm³/mol. The first kappa shape index (κ1) is 28.7. The molecule has 2 spiro atoms. The molecular weight excluding hydrogens is 536 g/mol. The van der Waals surface area contributed by atoms with Gasteiger partial charge in [0.15, 0.2) is 11.6 Å². The fraction of sp³-hybridized carbons (Fsp3) is 0.600. The molecule has 4 fully saturated rings. The topological polar surface area (TPSA) is 66.4 Å². The monoisotopic (exact) mass is 576 g/mol. The first-order valence-electron chi connectivity index (χ1n) is 13.6. The zero-order valence-corrected chi connectivity index (χ0v) is 23.3. The van der Waals surface area contributed by atoms with Gasteiger partial charge in [-0.15, -0.1) is 0 Å². The molecule has 0 amide bonds. The van der Waals surface area contributed by atoms with Crippen LogP contribution < -0.4 is 0 Å². The lowest BCUT2D eigenvalue weighted by molar-refractivity contribution is -0.192. The van der Waals surface area contributed by atoms with E-state index in [2.05, 4.69) is 52.3 Å². The highest BCUT2D eigenvalue weighted by Crippen LogP contribution is 2.37.